The Labute approximate surface area is 229 Å². The second-order valence-corrected chi connectivity index (χ2v) is 12.6. The lowest BCUT2D eigenvalue weighted by Crippen LogP contribution is -2.74. The molecule has 1 amide bonds. The zero-order valence-electron chi connectivity index (χ0n) is 22.3. The Morgan fingerprint density at radius 2 is 1.82 bits per heavy atom. The largest absolute Gasteiger partial charge is 0.505 e. The minimum atomic E-state index is -4.05. The Bertz CT molecular complexity index is 1460. The molecule has 0 bridgehead atoms. The van der Waals surface area contributed by atoms with Gasteiger partial charge in [-0.25, -0.2) is 12.8 Å². The number of rotatable bonds is 7. The van der Waals surface area contributed by atoms with Crippen molar-refractivity contribution in [2.45, 2.75) is 30.9 Å². The Morgan fingerprint density at radius 1 is 1.20 bits per heavy atom. The molecule has 0 radical (unpaired) electrons. The number of sulfonamides is 1. The molecular formula is C25H31FN4O9S. The molecular weight excluding hydrogens is 551 g/mol. The first kappa shape index (κ1) is 29.7. The molecule has 3 aliphatic rings. The van der Waals surface area contributed by atoms with E-state index in [4.69, 9.17) is 5.73 Å². The quantitative estimate of drug-likeness (QED) is 0.178. The SMILES string of the molecule is CNCCc1c(F)c2c(c(O)c1NS(C)(=O)=O)C(=O)C1C(=O)[C@]3(O)C(=O)C(C(N)=O)C(=O)[C@@H](N(C)C)[C@@H]3C[C@@H]1C2. The molecule has 1 aromatic rings. The number of anilines is 1. The van der Waals surface area contributed by atoms with E-state index in [0.29, 0.717) is 0 Å². The van der Waals surface area contributed by atoms with Crippen molar-refractivity contribution in [2.24, 2.45) is 29.4 Å². The number of carbonyl (C=O) groups is 5. The van der Waals surface area contributed by atoms with E-state index in [1.165, 1.54) is 19.0 Å². The number of phenols is 1. The number of benzene rings is 1. The van der Waals surface area contributed by atoms with Crippen molar-refractivity contribution in [1.82, 2.24) is 10.2 Å². The Kier molecular flexibility index (Phi) is 7.41. The fraction of sp³-hybridized carbons (Fsp3) is 0.560. The van der Waals surface area contributed by atoms with Gasteiger partial charge in [-0.2, -0.15) is 0 Å². The van der Waals surface area contributed by atoms with Gasteiger partial charge in [0.25, 0.3) is 0 Å². The molecule has 1 aromatic carbocycles. The van der Waals surface area contributed by atoms with E-state index in [9.17, 15) is 42.6 Å². The standard InChI is InChI=1S/C25H31FN4O9S/c1-28-6-5-10-16(26)11-7-9-8-12-18(30(2)3)21(33)15(24(27)36)23(35)25(12,37)22(34)13(9)19(31)14(11)20(32)17(10)29-40(4,38)39/h9,12-13,15,18,28-29,32,37H,5-8H2,1-4H3,(H2,27,36)/t9-,12-,13?,15?,18-,25-/m0/s1. The van der Waals surface area contributed by atoms with Crippen LogP contribution in [0.25, 0.3) is 0 Å². The van der Waals surface area contributed by atoms with Crippen molar-refractivity contribution in [3.05, 3.63) is 22.5 Å². The number of hydrogen-bond acceptors (Lipinski definition) is 11. The van der Waals surface area contributed by atoms with Crippen LogP contribution in [-0.2, 0) is 42.0 Å². The van der Waals surface area contributed by atoms with Crippen LogP contribution in [0.1, 0.15) is 27.9 Å². The summed E-state index contributed by atoms with van der Waals surface area (Å²) in [5.74, 6) is -14.1. The molecule has 40 heavy (non-hydrogen) atoms. The lowest BCUT2D eigenvalue weighted by Gasteiger charge is -2.52. The molecule has 13 nitrogen and oxygen atoms in total. The maximum absolute atomic E-state index is 16.0. The highest BCUT2D eigenvalue weighted by Gasteiger charge is 2.69. The van der Waals surface area contributed by atoms with Crippen LogP contribution in [0.3, 0.4) is 0 Å². The number of aliphatic hydroxyl groups is 1. The summed E-state index contributed by atoms with van der Waals surface area (Å²) in [5, 5.41) is 25.5. The van der Waals surface area contributed by atoms with E-state index >= 15 is 4.39 Å². The van der Waals surface area contributed by atoms with Crippen molar-refractivity contribution in [2.75, 3.05) is 38.7 Å². The number of carbonyl (C=O) groups excluding carboxylic acids is 5. The summed E-state index contributed by atoms with van der Waals surface area (Å²) in [7, 11) is 0.444. The van der Waals surface area contributed by atoms with Gasteiger partial charge in [-0.1, -0.05) is 0 Å². The van der Waals surface area contributed by atoms with Crippen LogP contribution in [0.5, 0.6) is 5.75 Å². The maximum Gasteiger partial charge on any atom is 0.235 e. The van der Waals surface area contributed by atoms with E-state index in [1.807, 2.05) is 4.72 Å². The predicted molar refractivity (Wildman–Crippen MR) is 137 cm³/mol. The number of nitrogens with one attached hydrogen (secondary N) is 2. The predicted octanol–water partition coefficient (Wildman–Crippen LogP) is -1.86. The molecule has 0 spiro atoms. The summed E-state index contributed by atoms with van der Waals surface area (Å²) in [5.41, 5.74) is 0.739. The van der Waals surface area contributed by atoms with E-state index in [2.05, 4.69) is 5.32 Å². The normalized spacial score (nSPS) is 30.1. The van der Waals surface area contributed by atoms with Gasteiger partial charge in [-0.15, -0.1) is 0 Å². The van der Waals surface area contributed by atoms with E-state index < -0.39 is 97.2 Å². The third kappa shape index (κ3) is 4.31. The van der Waals surface area contributed by atoms with Gasteiger partial charge in [0.15, 0.2) is 40.4 Å². The molecule has 0 heterocycles. The van der Waals surface area contributed by atoms with Gasteiger partial charge in [0.1, 0.15) is 5.82 Å². The first-order chi connectivity index (χ1) is 18.5. The van der Waals surface area contributed by atoms with Gasteiger partial charge in [0.05, 0.1) is 29.5 Å². The van der Waals surface area contributed by atoms with E-state index in [0.717, 1.165) is 6.26 Å². The average molecular weight is 583 g/mol. The number of amides is 1. The molecule has 4 rings (SSSR count). The highest BCUT2D eigenvalue weighted by atomic mass is 32.2. The molecule has 3 aliphatic carbocycles. The van der Waals surface area contributed by atoms with Gasteiger partial charge in [0, 0.05) is 17.0 Å². The molecule has 2 saturated carbocycles. The van der Waals surface area contributed by atoms with E-state index in [1.54, 1.807) is 7.05 Å². The summed E-state index contributed by atoms with van der Waals surface area (Å²) in [6, 6.07) is -1.28. The third-order valence-electron chi connectivity index (χ3n) is 8.17. The summed E-state index contributed by atoms with van der Waals surface area (Å²) >= 11 is 0. The summed E-state index contributed by atoms with van der Waals surface area (Å²) in [4.78, 5) is 67.4. The Hall–Kier alpha value is -3.27. The fourth-order valence-electron chi connectivity index (χ4n) is 6.53. The minimum Gasteiger partial charge on any atom is -0.505 e. The molecule has 15 heteroatoms. The number of primary amides is 1. The van der Waals surface area contributed by atoms with Gasteiger partial charge in [-0.05, 0) is 52.9 Å². The number of fused-ring (bicyclic) bond motifs is 3. The van der Waals surface area contributed by atoms with Gasteiger partial charge >= 0.3 is 0 Å². The lowest BCUT2D eigenvalue weighted by molar-refractivity contribution is -0.181. The molecule has 0 aromatic heterocycles. The Balaban J connectivity index is 1.91. The van der Waals surface area contributed by atoms with Gasteiger partial charge in [-0.3, -0.25) is 33.6 Å². The average Bonchev–Trinajstić information content (AvgIpc) is 2.83. The first-order valence-corrected chi connectivity index (χ1v) is 14.4. The molecule has 0 saturated heterocycles. The number of nitrogens with zero attached hydrogens (tertiary/aromatic N) is 1. The molecule has 6 atom stereocenters. The zero-order valence-corrected chi connectivity index (χ0v) is 23.1. The number of ketones is 4. The fourth-order valence-corrected chi connectivity index (χ4v) is 7.12. The molecule has 2 fully saturated rings. The van der Waals surface area contributed by atoms with Crippen molar-refractivity contribution in [3.63, 3.8) is 0 Å². The molecule has 218 valence electrons. The van der Waals surface area contributed by atoms with Crippen LogP contribution in [0.15, 0.2) is 0 Å². The van der Waals surface area contributed by atoms with Crippen molar-refractivity contribution >= 4 is 44.8 Å². The number of halogens is 1. The van der Waals surface area contributed by atoms with Crippen molar-refractivity contribution in [1.29, 1.82) is 0 Å². The number of hydrogen-bond donors (Lipinski definition) is 5. The van der Waals surface area contributed by atoms with Crippen LogP contribution in [0.4, 0.5) is 10.1 Å². The van der Waals surface area contributed by atoms with Gasteiger partial charge in [0.2, 0.25) is 15.9 Å². The second-order valence-electron chi connectivity index (χ2n) is 10.9. The lowest BCUT2D eigenvalue weighted by atomic mass is 9.52. The van der Waals surface area contributed by atoms with E-state index in [-0.39, 0.29) is 36.9 Å². The minimum absolute atomic E-state index is 0.0647. The van der Waals surface area contributed by atoms with Crippen LogP contribution in [0, 0.1) is 29.5 Å². The third-order valence-corrected chi connectivity index (χ3v) is 8.75. The topological polar surface area (TPSA) is 213 Å². The number of phenolic OH excluding ortho intramolecular Hbond substituents is 1. The second kappa shape index (κ2) is 9.98. The Morgan fingerprint density at radius 3 is 2.35 bits per heavy atom. The monoisotopic (exact) mass is 582 g/mol. The molecule has 0 aliphatic heterocycles. The maximum atomic E-state index is 16.0. The number of Topliss-reactive ketones (excluding diaryl/α,β-unsaturated/α-hetero) is 4. The summed E-state index contributed by atoms with van der Waals surface area (Å²) in [6.45, 7) is 0.191. The number of likely N-dealkylation sites (N-methyl/N-ethyl adjacent to an activating group) is 2. The van der Waals surface area contributed by atoms with Crippen LogP contribution >= 0.6 is 0 Å². The van der Waals surface area contributed by atoms with Crippen LogP contribution < -0.4 is 15.8 Å². The van der Waals surface area contributed by atoms with Gasteiger partial charge < -0.3 is 21.3 Å². The van der Waals surface area contributed by atoms with Crippen LogP contribution in [-0.4, -0.2) is 98.2 Å². The van der Waals surface area contributed by atoms with Crippen LogP contribution in [0.2, 0.25) is 0 Å². The van der Waals surface area contributed by atoms with Crippen molar-refractivity contribution in [3.8, 4) is 5.75 Å². The number of nitrogens with two attached hydrogens (primary N) is 1. The van der Waals surface area contributed by atoms with Crippen molar-refractivity contribution < 1.29 is 47.0 Å². The zero-order chi connectivity index (χ0) is 30.1. The smallest absolute Gasteiger partial charge is 0.235 e. The summed E-state index contributed by atoms with van der Waals surface area (Å²) in [6.07, 6.45) is 0.192. The summed E-state index contributed by atoms with van der Waals surface area (Å²) < 4.78 is 42.0. The molecule has 2 unspecified atom stereocenters. The number of aromatic hydroxyl groups is 1. The first-order valence-electron chi connectivity index (χ1n) is 12.5. The highest BCUT2D eigenvalue weighted by Crippen LogP contribution is 2.52. The highest BCUT2D eigenvalue weighted by molar-refractivity contribution is 7.92. The molecule has 6 N–H and O–H groups in total.